The van der Waals surface area contributed by atoms with Crippen molar-refractivity contribution in [2.24, 2.45) is 0 Å². The van der Waals surface area contributed by atoms with E-state index in [0.29, 0.717) is 15.7 Å². The molecule has 0 spiro atoms. The molecular formula is C18H13FN4OS. The van der Waals surface area contributed by atoms with E-state index in [1.54, 1.807) is 22.7 Å². The molecule has 4 aromatic rings. The topological polar surface area (TPSA) is 59.3 Å². The van der Waals surface area contributed by atoms with Crippen LogP contribution in [0.5, 0.6) is 0 Å². The number of amides is 1. The number of anilines is 1. The van der Waals surface area contributed by atoms with Crippen molar-refractivity contribution >= 4 is 27.3 Å². The molecule has 0 bridgehead atoms. The fraction of sp³-hybridized carbons (Fsp3) is 0.0556. The van der Waals surface area contributed by atoms with Crippen molar-refractivity contribution in [3.8, 4) is 11.3 Å². The first kappa shape index (κ1) is 15.5. The number of aromatic nitrogens is 3. The Kier molecular flexibility index (Phi) is 3.99. The Hall–Kier alpha value is -3.06. The summed E-state index contributed by atoms with van der Waals surface area (Å²) in [4.78, 5) is 17.3. The van der Waals surface area contributed by atoms with Gasteiger partial charge in [0.1, 0.15) is 5.82 Å². The fourth-order valence-electron chi connectivity index (χ4n) is 2.48. The van der Waals surface area contributed by atoms with E-state index >= 15 is 0 Å². The summed E-state index contributed by atoms with van der Waals surface area (Å²) >= 11 is 1.27. The fourth-order valence-corrected chi connectivity index (χ4v) is 3.27. The zero-order valence-electron chi connectivity index (χ0n) is 13.0. The highest BCUT2D eigenvalue weighted by Gasteiger charge is 2.13. The molecule has 2 aromatic carbocycles. The van der Waals surface area contributed by atoms with Gasteiger partial charge in [-0.1, -0.05) is 59.9 Å². The van der Waals surface area contributed by atoms with Crippen molar-refractivity contribution in [1.29, 1.82) is 0 Å². The SMILES string of the molecule is O=C(Cc1ccccc1F)Nc1nn2cc(-c3ccccc3)nc2s1. The van der Waals surface area contributed by atoms with E-state index in [4.69, 9.17) is 0 Å². The van der Waals surface area contributed by atoms with Crippen LogP contribution in [0.15, 0.2) is 60.8 Å². The largest absolute Gasteiger partial charge is 0.300 e. The van der Waals surface area contributed by atoms with Crippen LogP contribution in [0.3, 0.4) is 0 Å². The van der Waals surface area contributed by atoms with Crippen LogP contribution in [0.25, 0.3) is 16.2 Å². The van der Waals surface area contributed by atoms with Gasteiger partial charge in [-0.3, -0.25) is 4.79 Å². The molecule has 0 aliphatic carbocycles. The number of benzene rings is 2. The number of rotatable bonds is 4. The van der Waals surface area contributed by atoms with E-state index in [-0.39, 0.29) is 18.1 Å². The number of fused-ring (bicyclic) bond motifs is 1. The van der Waals surface area contributed by atoms with Gasteiger partial charge in [0.25, 0.3) is 0 Å². The molecule has 5 nitrogen and oxygen atoms in total. The van der Waals surface area contributed by atoms with Gasteiger partial charge in [-0.25, -0.2) is 13.9 Å². The Labute approximate surface area is 146 Å². The molecule has 1 amide bonds. The van der Waals surface area contributed by atoms with Crippen molar-refractivity contribution < 1.29 is 9.18 Å². The molecule has 0 saturated carbocycles. The first-order valence-corrected chi connectivity index (χ1v) is 8.45. The third-order valence-corrected chi connectivity index (χ3v) is 4.51. The molecule has 0 unspecified atom stereocenters. The lowest BCUT2D eigenvalue weighted by molar-refractivity contribution is -0.115. The molecule has 2 heterocycles. The summed E-state index contributed by atoms with van der Waals surface area (Å²) in [6.07, 6.45) is 1.78. The number of carbonyl (C=O) groups is 1. The van der Waals surface area contributed by atoms with E-state index < -0.39 is 0 Å². The zero-order chi connectivity index (χ0) is 17.2. The number of carbonyl (C=O) groups excluding carboxylic acids is 1. The van der Waals surface area contributed by atoms with Crippen LogP contribution >= 0.6 is 11.3 Å². The summed E-state index contributed by atoms with van der Waals surface area (Å²) in [6.45, 7) is 0. The number of imidazole rings is 1. The van der Waals surface area contributed by atoms with Crippen molar-refractivity contribution in [3.05, 3.63) is 72.2 Å². The number of nitrogens with one attached hydrogen (secondary N) is 1. The summed E-state index contributed by atoms with van der Waals surface area (Å²) in [5.74, 6) is -0.704. The van der Waals surface area contributed by atoms with Gasteiger partial charge in [0, 0.05) is 5.56 Å². The lowest BCUT2D eigenvalue weighted by atomic mass is 10.1. The maximum Gasteiger partial charge on any atom is 0.230 e. The van der Waals surface area contributed by atoms with Crippen LogP contribution in [0.1, 0.15) is 5.56 Å². The highest BCUT2D eigenvalue weighted by atomic mass is 32.1. The minimum absolute atomic E-state index is 0.0379. The summed E-state index contributed by atoms with van der Waals surface area (Å²) in [7, 11) is 0. The second-order valence-electron chi connectivity index (χ2n) is 5.44. The maximum atomic E-state index is 13.6. The quantitative estimate of drug-likeness (QED) is 0.608. The molecule has 1 N–H and O–H groups in total. The number of nitrogens with zero attached hydrogens (tertiary/aromatic N) is 3. The second kappa shape index (κ2) is 6.45. The van der Waals surface area contributed by atoms with Gasteiger partial charge in [0.05, 0.1) is 18.3 Å². The van der Waals surface area contributed by atoms with Crippen LogP contribution < -0.4 is 5.32 Å². The van der Waals surface area contributed by atoms with E-state index in [1.807, 2.05) is 36.5 Å². The van der Waals surface area contributed by atoms with Crippen LogP contribution in [0, 0.1) is 5.82 Å². The van der Waals surface area contributed by atoms with Crippen molar-refractivity contribution in [2.75, 3.05) is 5.32 Å². The van der Waals surface area contributed by atoms with Gasteiger partial charge in [0.2, 0.25) is 16.0 Å². The van der Waals surface area contributed by atoms with Crippen LogP contribution in [-0.4, -0.2) is 20.5 Å². The maximum absolute atomic E-state index is 13.6. The highest BCUT2D eigenvalue weighted by Crippen LogP contribution is 2.24. The Morgan fingerprint density at radius 2 is 1.88 bits per heavy atom. The van der Waals surface area contributed by atoms with Gasteiger partial charge >= 0.3 is 0 Å². The Balaban J connectivity index is 1.50. The van der Waals surface area contributed by atoms with Crippen molar-refractivity contribution in [3.63, 3.8) is 0 Å². The molecule has 2 aromatic heterocycles. The number of hydrogen-bond acceptors (Lipinski definition) is 4. The molecule has 0 radical (unpaired) electrons. The summed E-state index contributed by atoms with van der Waals surface area (Å²) < 4.78 is 15.2. The molecule has 7 heteroatoms. The van der Waals surface area contributed by atoms with Gasteiger partial charge in [-0.15, -0.1) is 5.10 Å². The molecule has 0 atom stereocenters. The van der Waals surface area contributed by atoms with E-state index in [9.17, 15) is 9.18 Å². The first-order chi connectivity index (χ1) is 12.2. The van der Waals surface area contributed by atoms with E-state index in [1.165, 1.54) is 17.4 Å². The molecule has 124 valence electrons. The molecule has 0 fully saturated rings. The average Bonchev–Trinajstić information content (AvgIpc) is 3.16. The summed E-state index contributed by atoms with van der Waals surface area (Å²) in [5.41, 5.74) is 2.18. The predicted octanol–water partition coefficient (Wildman–Crippen LogP) is 3.78. The summed E-state index contributed by atoms with van der Waals surface area (Å²) in [6, 6.07) is 16.0. The second-order valence-corrected chi connectivity index (χ2v) is 6.40. The minimum atomic E-state index is -0.390. The highest BCUT2D eigenvalue weighted by molar-refractivity contribution is 7.20. The van der Waals surface area contributed by atoms with E-state index in [2.05, 4.69) is 15.4 Å². The molecule has 0 aliphatic heterocycles. The first-order valence-electron chi connectivity index (χ1n) is 7.64. The summed E-state index contributed by atoms with van der Waals surface area (Å²) in [5, 5.41) is 7.44. The molecular weight excluding hydrogens is 339 g/mol. The third-order valence-electron chi connectivity index (χ3n) is 3.67. The van der Waals surface area contributed by atoms with Crippen LogP contribution in [0.2, 0.25) is 0 Å². The third kappa shape index (κ3) is 3.27. The number of hydrogen-bond donors (Lipinski definition) is 1. The van der Waals surface area contributed by atoms with E-state index in [0.717, 1.165) is 11.3 Å². The lowest BCUT2D eigenvalue weighted by Crippen LogP contribution is -2.15. The average molecular weight is 352 g/mol. The van der Waals surface area contributed by atoms with Gasteiger partial charge in [0.15, 0.2) is 0 Å². The molecule has 25 heavy (non-hydrogen) atoms. The number of halogens is 1. The Morgan fingerprint density at radius 3 is 2.64 bits per heavy atom. The predicted molar refractivity (Wildman–Crippen MR) is 95.0 cm³/mol. The minimum Gasteiger partial charge on any atom is -0.300 e. The monoisotopic (exact) mass is 352 g/mol. The molecule has 0 aliphatic rings. The van der Waals surface area contributed by atoms with Crippen LogP contribution in [-0.2, 0) is 11.2 Å². The smallest absolute Gasteiger partial charge is 0.230 e. The molecule has 0 saturated heterocycles. The van der Waals surface area contributed by atoms with Gasteiger partial charge in [-0.2, -0.15) is 0 Å². The Bertz CT molecular complexity index is 1010. The standard InChI is InChI=1S/C18H13FN4OS/c19-14-9-5-4-8-13(14)10-16(24)21-17-22-23-11-15(20-18(23)25-17)12-6-2-1-3-7-12/h1-9,11H,10H2,(H,21,22,24). The lowest BCUT2D eigenvalue weighted by Gasteiger charge is -2.02. The van der Waals surface area contributed by atoms with Crippen molar-refractivity contribution in [1.82, 2.24) is 14.6 Å². The Morgan fingerprint density at radius 1 is 1.12 bits per heavy atom. The molecule has 4 rings (SSSR count). The van der Waals surface area contributed by atoms with Gasteiger partial charge < -0.3 is 5.32 Å². The zero-order valence-corrected chi connectivity index (χ0v) is 13.8. The van der Waals surface area contributed by atoms with Crippen LogP contribution in [0.4, 0.5) is 9.52 Å². The normalized spacial score (nSPS) is 10.9. The van der Waals surface area contributed by atoms with Crippen molar-refractivity contribution in [2.45, 2.75) is 6.42 Å². The van der Waals surface area contributed by atoms with Gasteiger partial charge in [-0.05, 0) is 11.6 Å².